The van der Waals surface area contributed by atoms with Crippen LogP contribution in [0.4, 0.5) is 0 Å². The Labute approximate surface area is 364 Å². The van der Waals surface area contributed by atoms with E-state index in [4.69, 9.17) is 15.0 Å². The van der Waals surface area contributed by atoms with Crippen LogP contribution >= 0.6 is 10.2 Å². The highest BCUT2D eigenvalue weighted by Crippen LogP contribution is 2.67. The Morgan fingerprint density at radius 2 is 1.20 bits per heavy atom. The zero-order chi connectivity index (χ0) is 44.4. The van der Waals surface area contributed by atoms with Gasteiger partial charge in [0.25, 0.3) is 0 Å². The summed E-state index contributed by atoms with van der Waals surface area (Å²) in [5.41, 5.74) is 7.07. The maximum Gasteiger partial charge on any atom is 0.196 e. The Kier molecular flexibility index (Phi) is 17.1. The number of fused-ring (bicyclic) bond motifs is 1. The van der Waals surface area contributed by atoms with Crippen LogP contribution < -0.4 is 0 Å². The predicted octanol–water partition coefficient (Wildman–Crippen LogP) is 15.5. The van der Waals surface area contributed by atoms with Crippen LogP contribution in [0.25, 0.3) is 53.2 Å². The van der Waals surface area contributed by atoms with Crippen molar-refractivity contribution in [2.45, 2.75) is 18.7 Å². The van der Waals surface area contributed by atoms with E-state index in [0.29, 0.717) is 22.4 Å². The molecule has 0 aliphatic heterocycles. The number of para-hydroxylation sites is 1. The number of aromatic nitrogens is 2. The molecule has 0 bridgehead atoms. The molecule has 0 saturated carbocycles. The molecule has 5 nitrogen and oxygen atoms in total. The summed E-state index contributed by atoms with van der Waals surface area (Å²) >= 11 is 0. The van der Waals surface area contributed by atoms with Crippen LogP contribution in [0.2, 0.25) is 0 Å². The first-order valence-corrected chi connectivity index (χ1v) is 21.2. The van der Waals surface area contributed by atoms with Crippen molar-refractivity contribution in [2.75, 3.05) is 0 Å². The molecule has 4 aromatic rings. The summed E-state index contributed by atoms with van der Waals surface area (Å²) in [7, 11) is -2.72. The number of nitrogens with zero attached hydrogens (tertiary/aromatic N) is 5. The Morgan fingerprint density at radius 3 is 1.75 bits per heavy atom. The fraction of sp³-hybridized carbons (Fsp3) is 0.0364. The molecular formula is C55H55N5S. The van der Waals surface area contributed by atoms with Crippen molar-refractivity contribution in [3.8, 4) is 0 Å². The van der Waals surface area contributed by atoms with E-state index in [0.717, 1.165) is 54.5 Å². The van der Waals surface area contributed by atoms with Crippen LogP contribution in [0.3, 0.4) is 0 Å². The average Bonchev–Trinajstić information content (AvgIpc) is 3.77. The van der Waals surface area contributed by atoms with Gasteiger partial charge in [-0.1, -0.05) is 175 Å². The van der Waals surface area contributed by atoms with Gasteiger partial charge in [-0.2, -0.15) is 0 Å². The molecule has 0 aliphatic rings. The number of allylic oxidation sites excluding steroid dienone is 13. The molecular weight excluding hydrogens is 763 g/mol. The molecule has 0 aliphatic carbocycles. The van der Waals surface area contributed by atoms with Crippen LogP contribution in [0.15, 0.2) is 230 Å². The van der Waals surface area contributed by atoms with E-state index in [1.807, 2.05) is 103 Å². The topological polar surface area (TPSA) is 46.9 Å². The third kappa shape index (κ3) is 9.21. The van der Waals surface area contributed by atoms with Crippen molar-refractivity contribution in [1.82, 2.24) is 8.54 Å². The highest BCUT2D eigenvalue weighted by molar-refractivity contribution is 8.47. The molecule has 0 amide bonds. The van der Waals surface area contributed by atoms with E-state index in [2.05, 4.69) is 106 Å². The summed E-state index contributed by atoms with van der Waals surface area (Å²) in [4.78, 5) is 17.7. The molecule has 6 heteroatoms. The second-order valence-corrected chi connectivity index (χ2v) is 15.6. The zero-order valence-corrected chi connectivity index (χ0v) is 36.3. The van der Waals surface area contributed by atoms with Gasteiger partial charge >= 0.3 is 0 Å². The summed E-state index contributed by atoms with van der Waals surface area (Å²) in [6.45, 7) is 45.3. The lowest BCUT2D eigenvalue weighted by Crippen LogP contribution is -2.24. The van der Waals surface area contributed by atoms with E-state index < -0.39 is 10.2 Å². The lowest BCUT2D eigenvalue weighted by Gasteiger charge is -2.43. The molecule has 0 radical (unpaired) electrons. The molecule has 306 valence electrons. The Morgan fingerprint density at radius 1 is 0.590 bits per heavy atom. The van der Waals surface area contributed by atoms with Crippen molar-refractivity contribution in [1.29, 1.82) is 0 Å². The highest BCUT2D eigenvalue weighted by Gasteiger charge is 2.41. The molecule has 4 rings (SSSR count). The van der Waals surface area contributed by atoms with E-state index in [1.165, 1.54) is 6.20 Å². The van der Waals surface area contributed by atoms with Crippen molar-refractivity contribution in [2.24, 2.45) is 15.0 Å². The minimum atomic E-state index is -2.72. The van der Waals surface area contributed by atoms with Crippen LogP contribution in [0.5, 0.6) is 0 Å². The second-order valence-electron chi connectivity index (χ2n) is 12.8. The zero-order valence-electron chi connectivity index (χ0n) is 35.5. The van der Waals surface area contributed by atoms with Gasteiger partial charge in [0.05, 0.1) is 34.0 Å². The largest absolute Gasteiger partial charge is 0.294 e. The lowest BCUT2D eigenvalue weighted by molar-refractivity contribution is 1.05. The maximum absolute atomic E-state index is 5.49. The van der Waals surface area contributed by atoms with Crippen LogP contribution in [0, 0.1) is 0 Å². The fourth-order valence-corrected chi connectivity index (χ4v) is 10.8. The molecule has 0 spiro atoms. The third-order valence-corrected chi connectivity index (χ3v) is 12.9. The first kappa shape index (κ1) is 46.2. The van der Waals surface area contributed by atoms with Crippen molar-refractivity contribution in [3.05, 3.63) is 244 Å². The maximum atomic E-state index is 5.49. The van der Waals surface area contributed by atoms with E-state index in [1.54, 1.807) is 48.6 Å². The quantitative estimate of drug-likeness (QED) is 0.0485. The van der Waals surface area contributed by atoms with Gasteiger partial charge in [-0.15, -0.1) is 0 Å². The minimum absolute atomic E-state index is 0.410. The standard InChI is InChI=1S/C55H55N5S/c1-13-25-38-47-45(34-17-5)50(22-10)59(51(47)23-11)54(35-18-6)57-48(20-8)49(21-9)58-55(56-24-12)61(42(32-15-3)33-16-4,43-36-28-27-29-37-43)60-52(40-26-14-2)44(19-7)46-39-30-31-41-53(46)60/h13-41H,1-3,6-12H2,4-5H3/b33-16-,34-17-,38-25-,40-26-,42-32+,54-35+,56-55?,57-48?,58-49?. The Hall–Kier alpha value is -7.54. The number of hydrogen-bond donors (Lipinski definition) is 0. The second kappa shape index (κ2) is 22.6. The van der Waals surface area contributed by atoms with Gasteiger partial charge < -0.3 is 0 Å². The molecule has 0 saturated heterocycles. The van der Waals surface area contributed by atoms with Crippen LogP contribution in [0.1, 0.15) is 47.6 Å². The molecule has 1 atom stereocenters. The molecule has 0 fully saturated rings. The first-order chi connectivity index (χ1) is 29.8. The number of amidine groups is 1. The third-order valence-electron chi connectivity index (χ3n) is 9.32. The normalized spacial score (nSPS) is 14.6. The molecule has 2 heterocycles. The van der Waals surface area contributed by atoms with Crippen molar-refractivity contribution < 1.29 is 0 Å². The number of benzene rings is 2. The van der Waals surface area contributed by atoms with Crippen LogP contribution in [-0.4, -0.2) is 25.1 Å². The van der Waals surface area contributed by atoms with Crippen LogP contribution in [-0.2, 0) is 0 Å². The monoisotopic (exact) mass is 817 g/mol. The minimum Gasteiger partial charge on any atom is -0.294 e. The summed E-state index contributed by atoms with van der Waals surface area (Å²) in [6, 6.07) is 18.5. The van der Waals surface area contributed by atoms with E-state index in [-0.39, 0.29) is 0 Å². The van der Waals surface area contributed by atoms with Crippen molar-refractivity contribution in [3.63, 3.8) is 0 Å². The van der Waals surface area contributed by atoms with Gasteiger partial charge in [-0.25, -0.2) is 15.0 Å². The van der Waals surface area contributed by atoms with Gasteiger partial charge in [0.2, 0.25) is 0 Å². The summed E-state index contributed by atoms with van der Waals surface area (Å²) < 4.78 is 4.32. The molecule has 1 unspecified atom stereocenters. The Bertz CT molecular complexity index is 2670. The lowest BCUT2D eigenvalue weighted by atomic mass is 10.1. The first-order valence-electron chi connectivity index (χ1n) is 19.6. The average molecular weight is 818 g/mol. The smallest absolute Gasteiger partial charge is 0.196 e. The predicted molar refractivity (Wildman–Crippen MR) is 278 cm³/mol. The molecule has 2 aromatic carbocycles. The summed E-state index contributed by atoms with van der Waals surface area (Å²) in [5, 5.41) is 1.45. The molecule has 2 aromatic heterocycles. The van der Waals surface area contributed by atoms with E-state index >= 15 is 0 Å². The number of rotatable bonds is 20. The van der Waals surface area contributed by atoms with Crippen molar-refractivity contribution >= 4 is 80.0 Å². The molecule has 0 N–H and O–H groups in total. The fourth-order valence-electron chi connectivity index (χ4n) is 7.01. The van der Waals surface area contributed by atoms with Gasteiger partial charge in [-0.3, -0.25) is 8.54 Å². The Balaban J connectivity index is 2.31. The summed E-state index contributed by atoms with van der Waals surface area (Å²) in [5.74, 6) is 0.516. The summed E-state index contributed by atoms with van der Waals surface area (Å²) in [6.07, 6.45) is 37.1. The molecule has 61 heavy (non-hydrogen) atoms. The van der Waals surface area contributed by atoms with E-state index in [9.17, 15) is 0 Å². The van der Waals surface area contributed by atoms with Gasteiger partial charge in [-0.05, 0) is 84.8 Å². The highest BCUT2D eigenvalue weighted by atomic mass is 32.3. The van der Waals surface area contributed by atoms with Gasteiger partial charge in [0.15, 0.2) is 5.17 Å². The SMILES string of the molecule is C=C/C=C\c1c(/C=C\C)c(C=C)n(/C(=C/C=C)N=C(C=C)C(C=C)=NC(=NC=C)S(C(/C=C\C)=C/C=C)(c2ccccc2)n2c(/C=C\C=C)c(C=C)c3ccccc32)c1C=C. The number of aliphatic imine (C=N–C) groups is 3. The van der Waals surface area contributed by atoms with Gasteiger partial charge in [0, 0.05) is 38.1 Å². The number of hydrogen-bond acceptors (Lipinski definition) is 2. The van der Waals surface area contributed by atoms with Gasteiger partial charge in [0.1, 0.15) is 5.82 Å².